The number of aryl methyl sites for hydroxylation is 2. The van der Waals surface area contributed by atoms with E-state index < -0.39 is 5.97 Å². The van der Waals surface area contributed by atoms with Crippen LogP contribution in [0.15, 0.2) is 6.07 Å². The number of carboxylic acid groups (broad SMARTS) is 1. The van der Waals surface area contributed by atoms with Gasteiger partial charge in [0.2, 0.25) is 0 Å². The molecule has 0 bridgehead atoms. The Labute approximate surface area is 113 Å². The standard InChI is InChI=1S/C13H13NO2S2/c1-6-5-9(7(2)17-6)12-14-10(8-3-4-8)11(18-12)13(15)16/h5,8H,3-4H2,1-2H3,(H,15,16). The molecule has 0 radical (unpaired) electrons. The zero-order chi connectivity index (χ0) is 12.9. The fraction of sp³-hybridized carbons (Fsp3) is 0.385. The molecular weight excluding hydrogens is 266 g/mol. The molecule has 1 aliphatic rings. The number of hydrogen-bond donors (Lipinski definition) is 1. The van der Waals surface area contributed by atoms with Gasteiger partial charge in [0, 0.05) is 21.2 Å². The Morgan fingerprint density at radius 1 is 1.39 bits per heavy atom. The molecule has 3 nitrogen and oxygen atoms in total. The number of aromatic carboxylic acids is 1. The van der Waals surface area contributed by atoms with Crippen LogP contribution >= 0.6 is 22.7 Å². The summed E-state index contributed by atoms with van der Waals surface area (Å²) in [5.41, 5.74) is 1.89. The van der Waals surface area contributed by atoms with E-state index in [1.807, 2.05) is 0 Å². The second-order valence-corrected chi connectivity index (χ2v) is 7.10. The number of carboxylic acids is 1. The van der Waals surface area contributed by atoms with E-state index >= 15 is 0 Å². The molecule has 0 atom stereocenters. The van der Waals surface area contributed by atoms with Crippen LogP contribution in [0.3, 0.4) is 0 Å². The summed E-state index contributed by atoms with van der Waals surface area (Å²) in [4.78, 5) is 18.7. The van der Waals surface area contributed by atoms with Gasteiger partial charge in [-0.05, 0) is 32.8 Å². The predicted molar refractivity (Wildman–Crippen MR) is 73.8 cm³/mol. The first-order valence-electron chi connectivity index (χ1n) is 5.87. The number of rotatable bonds is 3. The van der Waals surface area contributed by atoms with Gasteiger partial charge in [-0.3, -0.25) is 0 Å². The van der Waals surface area contributed by atoms with E-state index in [0.717, 1.165) is 29.1 Å². The van der Waals surface area contributed by atoms with Crippen LogP contribution in [-0.4, -0.2) is 16.1 Å². The lowest BCUT2D eigenvalue weighted by Crippen LogP contribution is -1.97. The van der Waals surface area contributed by atoms with Crippen LogP contribution in [-0.2, 0) is 0 Å². The van der Waals surface area contributed by atoms with Gasteiger partial charge >= 0.3 is 5.97 Å². The van der Waals surface area contributed by atoms with E-state index in [4.69, 9.17) is 0 Å². The van der Waals surface area contributed by atoms with Gasteiger partial charge in [0.1, 0.15) is 9.88 Å². The Balaban J connectivity index is 2.10. The van der Waals surface area contributed by atoms with Crippen molar-refractivity contribution >= 4 is 28.6 Å². The average molecular weight is 279 g/mol. The van der Waals surface area contributed by atoms with Gasteiger partial charge in [-0.1, -0.05) is 0 Å². The van der Waals surface area contributed by atoms with E-state index in [1.54, 1.807) is 11.3 Å². The maximum atomic E-state index is 11.3. The summed E-state index contributed by atoms with van der Waals surface area (Å²) in [6, 6.07) is 2.10. The first-order valence-corrected chi connectivity index (χ1v) is 7.51. The number of hydrogen-bond acceptors (Lipinski definition) is 4. The van der Waals surface area contributed by atoms with Crippen molar-refractivity contribution in [3.8, 4) is 10.6 Å². The average Bonchev–Trinajstić information content (AvgIpc) is 2.95. The molecule has 0 aliphatic heterocycles. The van der Waals surface area contributed by atoms with Crippen molar-refractivity contribution in [1.29, 1.82) is 0 Å². The van der Waals surface area contributed by atoms with Crippen LogP contribution in [0.2, 0.25) is 0 Å². The van der Waals surface area contributed by atoms with Gasteiger partial charge < -0.3 is 5.11 Å². The minimum atomic E-state index is -0.842. The van der Waals surface area contributed by atoms with Gasteiger partial charge in [-0.25, -0.2) is 9.78 Å². The maximum absolute atomic E-state index is 11.3. The summed E-state index contributed by atoms with van der Waals surface area (Å²) in [6.45, 7) is 4.13. The highest BCUT2D eigenvalue weighted by Gasteiger charge is 2.32. The van der Waals surface area contributed by atoms with Crippen LogP contribution in [0.4, 0.5) is 0 Å². The Kier molecular flexibility index (Phi) is 2.75. The van der Waals surface area contributed by atoms with Crippen LogP contribution in [0.1, 0.15) is 43.9 Å². The molecule has 0 spiro atoms. The summed E-state index contributed by atoms with van der Waals surface area (Å²) in [5.74, 6) is -0.466. The summed E-state index contributed by atoms with van der Waals surface area (Å²) < 4.78 is 0. The lowest BCUT2D eigenvalue weighted by molar-refractivity contribution is 0.0700. The zero-order valence-electron chi connectivity index (χ0n) is 10.2. The summed E-state index contributed by atoms with van der Waals surface area (Å²) in [6.07, 6.45) is 2.15. The quantitative estimate of drug-likeness (QED) is 0.921. The van der Waals surface area contributed by atoms with Crippen molar-refractivity contribution in [2.45, 2.75) is 32.6 Å². The second-order valence-electron chi connectivity index (χ2n) is 4.64. The van der Waals surface area contributed by atoms with Gasteiger partial charge in [-0.15, -0.1) is 22.7 Å². The second kappa shape index (κ2) is 4.17. The highest BCUT2D eigenvalue weighted by molar-refractivity contribution is 7.18. The van der Waals surface area contributed by atoms with Crippen molar-refractivity contribution in [1.82, 2.24) is 4.98 Å². The minimum absolute atomic E-state index is 0.376. The molecule has 1 aliphatic carbocycles. The SMILES string of the molecule is Cc1cc(-c2nc(C3CC3)c(C(=O)O)s2)c(C)s1. The molecule has 2 heterocycles. The van der Waals surface area contributed by atoms with Crippen molar-refractivity contribution in [3.63, 3.8) is 0 Å². The molecule has 1 fully saturated rings. The molecule has 2 aromatic heterocycles. The Hall–Kier alpha value is -1.20. The zero-order valence-corrected chi connectivity index (χ0v) is 11.8. The molecule has 5 heteroatoms. The van der Waals surface area contributed by atoms with Gasteiger partial charge in [-0.2, -0.15) is 0 Å². The molecule has 0 unspecified atom stereocenters. The van der Waals surface area contributed by atoms with Crippen LogP contribution in [0, 0.1) is 13.8 Å². The van der Waals surface area contributed by atoms with Crippen molar-refractivity contribution in [3.05, 3.63) is 26.4 Å². The Bertz CT molecular complexity index is 623. The number of carbonyl (C=O) groups is 1. The fourth-order valence-electron chi connectivity index (χ4n) is 2.08. The molecule has 94 valence electrons. The lowest BCUT2D eigenvalue weighted by Gasteiger charge is -1.92. The summed E-state index contributed by atoms with van der Waals surface area (Å²) in [5, 5.41) is 10.1. The molecule has 0 saturated heterocycles. The van der Waals surface area contributed by atoms with Crippen LogP contribution in [0.5, 0.6) is 0 Å². The van der Waals surface area contributed by atoms with Crippen molar-refractivity contribution < 1.29 is 9.90 Å². The highest BCUT2D eigenvalue weighted by Crippen LogP contribution is 2.45. The Morgan fingerprint density at radius 3 is 2.61 bits per heavy atom. The van der Waals surface area contributed by atoms with Gasteiger partial charge in [0.15, 0.2) is 0 Å². The first kappa shape index (κ1) is 11.9. The number of thiophene rings is 1. The Morgan fingerprint density at radius 2 is 2.11 bits per heavy atom. The molecule has 0 amide bonds. The summed E-state index contributed by atoms with van der Waals surface area (Å²) >= 11 is 3.04. The topological polar surface area (TPSA) is 50.2 Å². The van der Waals surface area contributed by atoms with Gasteiger partial charge in [0.05, 0.1) is 5.69 Å². The van der Waals surface area contributed by atoms with Gasteiger partial charge in [0.25, 0.3) is 0 Å². The fourth-order valence-corrected chi connectivity index (χ4v) is 4.13. The first-order chi connectivity index (χ1) is 8.56. The van der Waals surface area contributed by atoms with Crippen LogP contribution < -0.4 is 0 Å². The van der Waals surface area contributed by atoms with Crippen LogP contribution in [0.25, 0.3) is 10.6 Å². The number of aromatic nitrogens is 1. The van der Waals surface area contributed by atoms with E-state index in [0.29, 0.717) is 10.8 Å². The smallest absolute Gasteiger partial charge is 0.347 e. The number of thiazole rings is 1. The molecule has 1 saturated carbocycles. The molecule has 1 N–H and O–H groups in total. The number of nitrogens with zero attached hydrogens (tertiary/aromatic N) is 1. The van der Waals surface area contributed by atoms with E-state index in [9.17, 15) is 9.90 Å². The highest BCUT2D eigenvalue weighted by atomic mass is 32.1. The normalized spacial score (nSPS) is 15.0. The third-order valence-corrected chi connectivity index (χ3v) is 5.14. The molecule has 2 aromatic rings. The molecular formula is C13H13NO2S2. The van der Waals surface area contributed by atoms with E-state index in [2.05, 4.69) is 24.9 Å². The summed E-state index contributed by atoms with van der Waals surface area (Å²) in [7, 11) is 0. The largest absolute Gasteiger partial charge is 0.477 e. The minimum Gasteiger partial charge on any atom is -0.477 e. The molecule has 18 heavy (non-hydrogen) atoms. The monoisotopic (exact) mass is 279 g/mol. The molecule has 0 aromatic carbocycles. The third-order valence-electron chi connectivity index (χ3n) is 3.08. The maximum Gasteiger partial charge on any atom is 0.347 e. The predicted octanol–water partition coefficient (Wildman–Crippen LogP) is 4.06. The van der Waals surface area contributed by atoms with Crippen molar-refractivity contribution in [2.24, 2.45) is 0 Å². The van der Waals surface area contributed by atoms with Crippen molar-refractivity contribution in [2.75, 3.05) is 0 Å². The molecule has 3 rings (SSSR count). The third kappa shape index (κ3) is 1.97. The lowest BCUT2D eigenvalue weighted by atomic mass is 10.2. The van der Waals surface area contributed by atoms with E-state index in [-0.39, 0.29) is 0 Å². The van der Waals surface area contributed by atoms with E-state index in [1.165, 1.54) is 21.1 Å².